The highest BCUT2D eigenvalue weighted by atomic mass is 16.2. The summed E-state index contributed by atoms with van der Waals surface area (Å²) in [5.41, 5.74) is 6.09. The van der Waals surface area contributed by atoms with Crippen LogP contribution in [-0.4, -0.2) is 29.4 Å². The molecule has 17 heavy (non-hydrogen) atoms. The number of amides is 1. The van der Waals surface area contributed by atoms with Gasteiger partial charge in [-0.3, -0.25) is 4.79 Å². The molecule has 3 nitrogen and oxygen atoms in total. The van der Waals surface area contributed by atoms with E-state index in [0.29, 0.717) is 12.5 Å². The van der Waals surface area contributed by atoms with Crippen LogP contribution in [-0.2, 0) is 4.79 Å². The second-order valence-electron chi connectivity index (χ2n) is 6.04. The summed E-state index contributed by atoms with van der Waals surface area (Å²) in [5, 5.41) is 0. The number of rotatable bonds is 3. The Morgan fingerprint density at radius 2 is 1.76 bits per heavy atom. The molecular weight excluding hydrogens is 212 g/mol. The second-order valence-corrected chi connectivity index (χ2v) is 6.04. The third-order valence-electron chi connectivity index (χ3n) is 4.62. The smallest absolute Gasteiger partial charge is 0.224 e. The average molecular weight is 238 g/mol. The van der Waals surface area contributed by atoms with Crippen LogP contribution in [0.2, 0.25) is 0 Å². The van der Waals surface area contributed by atoms with Gasteiger partial charge in [0, 0.05) is 25.0 Å². The minimum Gasteiger partial charge on any atom is -0.343 e. The van der Waals surface area contributed by atoms with E-state index in [9.17, 15) is 4.79 Å². The van der Waals surface area contributed by atoms with Gasteiger partial charge in [-0.15, -0.1) is 0 Å². The first-order chi connectivity index (χ1) is 8.11. The number of carbonyl (C=O) groups is 1. The van der Waals surface area contributed by atoms with Gasteiger partial charge in [-0.1, -0.05) is 32.1 Å². The number of hydrogen-bond acceptors (Lipinski definition) is 2. The molecule has 98 valence electrons. The predicted molar refractivity (Wildman–Crippen MR) is 69.6 cm³/mol. The molecule has 3 heteroatoms. The molecular formula is C14H26N2O. The number of nitrogens with two attached hydrogens (primary N) is 1. The summed E-state index contributed by atoms with van der Waals surface area (Å²) < 4.78 is 0. The summed E-state index contributed by atoms with van der Waals surface area (Å²) >= 11 is 0. The molecule has 2 aliphatic rings. The molecule has 0 aromatic carbocycles. The van der Waals surface area contributed by atoms with Gasteiger partial charge >= 0.3 is 0 Å². The predicted octanol–water partition coefficient (Wildman–Crippen LogP) is 2.44. The minimum atomic E-state index is -0.194. The van der Waals surface area contributed by atoms with Crippen molar-refractivity contribution in [1.82, 2.24) is 4.90 Å². The maximum Gasteiger partial charge on any atom is 0.224 e. The van der Waals surface area contributed by atoms with Gasteiger partial charge in [0.2, 0.25) is 5.91 Å². The van der Waals surface area contributed by atoms with Crippen LogP contribution in [0.1, 0.15) is 64.2 Å². The molecule has 0 spiro atoms. The van der Waals surface area contributed by atoms with Gasteiger partial charge in [-0.05, 0) is 25.7 Å². The molecule has 1 amide bonds. The lowest BCUT2D eigenvalue weighted by molar-refractivity contribution is -0.133. The number of carbonyl (C=O) groups excluding carboxylic acids is 1. The van der Waals surface area contributed by atoms with E-state index in [1.54, 1.807) is 0 Å². The van der Waals surface area contributed by atoms with Crippen molar-refractivity contribution in [3.05, 3.63) is 0 Å². The first kappa shape index (κ1) is 12.9. The first-order valence-corrected chi connectivity index (χ1v) is 7.15. The van der Waals surface area contributed by atoms with Crippen LogP contribution in [0.25, 0.3) is 0 Å². The van der Waals surface area contributed by atoms with Crippen LogP contribution in [0.15, 0.2) is 0 Å². The molecule has 2 N–H and O–H groups in total. The van der Waals surface area contributed by atoms with Gasteiger partial charge in [-0.25, -0.2) is 0 Å². The van der Waals surface area contributed by atoms with Crippen molar-refractivity contribution < 1.29 is 4.79 Å². The highest BCUT2D eigenvalue weighted by Crippen LogP contribution is 2.31. The molecule has 2 saturated carbocycles. The third-order valence-corrected chi connectivity index (χ3v) is 4.62. The van der Waals surface area contributed by atoms with E-state index in [1.165, 1.54) is 44.9 Å². The van der Waals surface area contributed by atoms with E-state index >= 15 is 0 Å². The second kappa shape index (κ2) is 5.38. The topological polar surface area (TPSA) is 46.3 Å². The molecule has 0 unspecified atom stereocenters. The van der Waals surface area contributed by atoms with Gasteiger partial charge in [0.1, 0.15) is 0 Å². The molecule has 0 bridgehead atoms. The first-order valence-electron chi connectivity index (χ1n) is 7.15. The zero-order valence-electron chi connectivity index (χ0n) is 11.1. The van der Waals surface area contributed by atoms with E-state index in [0.717, 1.165) is 12.8 Å². The molecule has 0 atom stereocenters. The van der Waals surface area contributed by atoms with E-state index in [2.05, 4.69) is 0 Å². The summed E-state index contributed by atoms with van der Waals surface area (Å²) in [7, 11) is 1.97. The van der Waals surface area contributed by atoms with Crippen LogP contribution >= 0.6 is 0 Å². The SMILES string of the molecule is CN(C(=O)CC1(N)CCCC1)C1CCCCC1. The fraction of sp³-hybridized carbons (Fsp3) is 0.929. The van der Waals surface area contributed by atoms with E-state index in [1.807, 2.05) is 11.9 Å². The Hall–Kier alpha value is -0.570. The summed E-state index contributed by atoms with van der Waals surface area (Å²) in [6, 6.07) is 0.473. The molecule has 0 saturated heterocycles. The number of nitrogens with zero attached hydrogens (tertiary/aromatic N) is 1. The molecule has 0 aliphatic heterocycles. The van der Waals surface area contributed by atoms with E-state index in [-0.39, 0.29) is 11.4 Å². The Morgan fingerprint density at radius 3 is 2.35 bits per heavy atom. The molecule has 2 aliphatic carbocycles. The van der Waals surface area contributed by atoms with Gasteiger partial charge in [0.15, 0.2) is 0 Å². The fourth-order valence-electron chi connectivity index (χ4n) is 3.35. The lowest BCUT2D eigenvalue weighted by Crippen LogP contribution is -2.45. The van der Waals surface area contributed by atoms with Crippen LogP contribution in [0.4, 0.5) is 0 Å². The average Bonchev–Trinajstić information content (AvgIpc) is 2.76. The number of hydrogen-bond donors (Lipinski definition) is 1. The van der Waals surface area contributed by atoms with Crippen molar-refractivity contribution in [2.24, 2.45) is 5.73 Å². The molecule has 2 fully saturated rings. The largest absolute Gasteiger partial charge is 0.343 e. The highest BCUT2D eigenvalue weighted by Gasteiger charge is 2.34. The zero-order chi connectivity index (χ0) is 12.3. The Balaban J connectivity index is 1.85. The normalized spacial score (nSPS) is 24.8. The van der Waals surface area contributed by atoms with Crippen molar-refractivity contribution in [3.63, 3.8) is 0 Å². The summed E-state index contributed by atoms with van der Waals surface area (Å²) in [6.45, 7) is 0. The van der Waals surface area contributed by atoms with Gasteiger partial charge in [-0.2, -0.15) is 0 Å². The quantitative estimate of drug-likeness (QED) is 0.821. The van der Waals surface area contributed by atoms with Crippen LogP contribution < -0.4 is 5.73 Å². The minimum absolute atomic E-state index is 0.194. The molecule has 0 heterocycles. The van der Waals surface area contributed by atoms with Crippen molar-refractivity contribution in [3.8, 4) is 0 Å². The van der Waals surface area contributed by atoms with Crippen LogP contribution in [0, 0.1) is 0 Å². The van der Waals surface area contributed by atoms with Crippen molar-refractivity contribution in [2.45, 2.75) is 75.8 Å². The zero-order valence-corrected chi connectivity index (χ0v) is 11.1. The van der Waals surface area contributed by atoms with E-state index in [4.69, 9.17) is 5.73 Å². The van der Waals surface area contributed by atoms with Gasteiger partial charge in [0.25, 0.3) is 0 Å². The van der Waals surface area contributed by atoms with Gasteiger partial charge in [0.05, 0.1) is 0 Å². The summed E-state index contributed by atoms with van der Waals surface area (Å²) in [4.78, 5) is 14.2. The maximum atomic E-state index is 12.2. The third kappa shape index (κ3) is 3.21. The highest BCUT2D eigenvalue weighted by molar-refractivity contribution is 5.77. The molecule has 2 rings (SSSR count). The lowest BCUT2D eigenvalue weighted by Gasteiger charge is -2.33. The molecule has 0 aromatic heterocycles. The Kier molecular flexibility index (Phi) is 4.08. The Bertz CT molecular complexity index is 265. The van der Waals surface area contributed by atoms with Crippen molar-refractivity contribution in [1.29, 1.82) is 0 Å². The summed E-state index contributed by atoms with van der Waals surface area (Å²) in [5.74, 6) is 0.265. The molecule has 0 radical (unpaired) electrons. The molecule has 0 aromatic rings. The standard InChI is InChI=1S/C14H26N2O/c1-16(12-7-3-2-4-8-12)13(17)11-14(15)9-5-6-10-14/h12H,2-11,15H2,1H3. The van der Waals surface area contributed by atoms with E-state index < -0.39 is 0 Å². The van der Waals surface area contributed by atoms with Crippen LogP contribution in [0.5, 0.6) is 0 Å². The fourth-order valence-corrected chi connectivity index (χ4v) is 3.35. The van der Waals surface area contributed by atoms with Crippen molar-refractivity contribution >= 4 is 5.91 Å². The maximum absolute atomic E-state index is 12.2. The lowest BCUT2D eigenvalue weighted by atomic mass is 9.91. The van der Waals surface area contributed by atoms with Crippen LogP contribution in [0.3, 0.4) is 0 Å². The van der Waals surface area contributed by atoms with Gasteiger partial charge < -0.3 is 10.6 Å². The Morgan fingerprint density at radius 1 is 1.18 bits per heavy atom. The summed E-state index contributed by atoms with van der Waals surface area (Å²) in [6.07, 6.45) is 11.2. The monoisotopic (exact) mass is 238 g/mol. The van der Waals surface area contributed by atoms with Crippen molar-refractivity contribution in [2.75, 3.05) is 7.05 Å². The Labute approximate surface area is 105 Å².